The van der Waals surface area contributed by atoms with Gasteiger partial charge in [-0.05, 0) is 18.2 Å². The number of rotatable bonds is 1. The molecule has 5 heteroatoms. The van der Waals surface area contributed by atoms with E-state index < -0.39 is 0 Å². The van der Waals surface area contributed by atoms with Gasteiger partial charge in [-0.15, -0.1) is 0 Å². The molecule has 0 aliphatic carbocycles. The van der Waals surface area contributed by atoms with Crippen LogP contribution < -0.4 is 4.90 Å². The van der Waals surface area contributed by atoms with Crippen molar-refractivity contribution in [3.05, 3.63) is 47.0 Å². The summed E-state index contributed by atoms with van der Waals surface area (Å²) in [5.41, 5.74) is 0.556. The van der Waals surface area contributed by atoms with Crippen molar-refractivity contribution in [1.82, 2.24) is 9.97 Å². The van der Waals surface area contributed by atoms with Gasteiger partial charge in [0.05, 0.1) is 6.54 Å². The molecule has 0 aromatic carbocycles. The molecule has 0 amide bonds. The van der Waals surface area contributed by atoms with Crippen LogP contribution in [0.15, 0.2) is 30.5 Å². The first-order valence-corrected chi connectivity index (χ1v) is 5.17. The van der Waals surface area contributed by atoms with Crippen molar-refractivity contribution >= 4 is 23.2 Å². The fourth-order valence-electron chi connectivity index (χ4n) is 1.78. The highest BCUT2D eigenvalue weighted by atomic mass is 35.5. The second-order valence-corrected chi connectivity index (χ2v) is 3.90. The van der Waals surface area contributed by atoms with Crippen molar-refractivity contribution in [2.45, 2.75) is 6.54 Å². The van der Waals surface area contributed by atoms with Crippen LogP contribution >= 0.6 is 11.6 Å². The molecule has 0 spiro atoms. The summed E-state index contributed by atoms with van der Waals surface area (Å²) in [4.78, 5) is 9.85. The average molecular weight is 236 g/mol. The monoisotopic (exact) mass is 235 g/mol. The third-order valence-electron chi connectivity index (χ3n) is 2.49. The van der Waals surface area contributed by atoms with Crippen LogP contribution in [0.25, 0.3) is 0 Å². The van der Waals surface area contributed by atoms with E-state index in [2.05, 4.69) is 9.97 Å². The Kier molecular flexibility index (Phi) is 2.04. The fraction of sp³-hybridized carbons (Fsp3) is 0.0909. The first-order valence-electron chi connectivity index (χ1n) is 4.79. The molecule has 3 rings (SSSR count). The van der Waals surface area contributed by atoms with Gasteiger partial charge in [0.15, 0.2) is 11.6 Å². The fourth-order valence-corrected chi connectivity index (χ4v) is 1.99. The van der Waals surface area contributed by atoms with Gasteiger partial charge in [-0.25, -0.2) is 14.4 Å². The molecule has 16 heavy (non-hydrogen) atoms. The van der Waals surface area contributed by atoms with E-state index in [1.165, 1.54) is 0 Å². The Bertz CT molecular complexity index is 544. The van der Waals surface area contributed by atoms with Crippen LogP contribution in [0.3, 0.4) is 0 Å². The zero-order valence-electron chi connectivity index (χ0n) is 8.19. The lowest BCUT2D eigenvalue weighted by Gasteiger charge is -2.15. The normalized spacial score (nSPS) is 13.2. The molecule has 3 nitrogen and oxygen atoms in total. The van der Waals surface area contributed by atoms with E-state index in [0.717, 1.165) is 0 Å². The summed E-state index contributed by atoms with van der Waals surface area (Å²) < 4.78 is 13.7. The lowest BCUT2D eigenvalue weighted by Crippen LogP contribution is -2.12. The van der Waals surface area contributed by atoms with Gasteiger partial charge in [0.1, 0.15) is 11.0 Å². The van der Waals surface area contributed by atoms with Gasteiger partial charge >= 0.3 is 0 Å². The van der Waals surface area contributed by atoms with Crippen molar-refractivity contribution in [2.75, 3.05) is 4.90 Å². The van der Waals surface area contributed by atoms with Gasteiger partial charge in [-0.1, -0.05) is 17.7 Å². The zero-order chi connectivity index (χ0) is 11.1. The van der Waals surface area contributed by atoms with E-state index in [9.17, 15) is 4.39 Å². The summed E-state index contributed by atoms with van der Waals surface area (Å²) >= 11 is 5.79. The van der Waals surface area contributed by atoms with Crippen molar-refractivity contribution in [1.29, 1.82) is 0 Å². The van der Waals surface area contributed by atoms with Crippen molar-refractivity contribution in [2.24, 2.45) is 0 Å². The molecule has 0 unspecified atom stereocenters. The largest absolute Gasteiger partial charge is 0.304 e. The average Bonchev–Trinajstić information content (AvgIpc) is 2.50. The van der Waals surface area contributed by atoms with Gasteiger partial charge in [-0.2, -0.15) is 0 Å². The number of aromatic nitrogens is 2. The Labute approximate surface area is 96.5 Å². The highest BCUT2D eigenvalue weighted by Gasteiger charge is 2.28. The number of hydrogen-bond donors (Lipinski definition) is 0. The molecule has 0 fully saturated rings. The lowest BCUT2D eigenvalue weighted by atomic mass is 10.3. The topological polar surface area (TPSA) is 29.0 Å². The number of fused-ring (bicyclic) bond motifs is 2. The quantitative estimate of drug-likeness (QED) is 0.712. The number of pyridine rings is 2. The Hall–Kier alpha value is -1.68. The number of anilines is 2. The summed E-state index contributed by atoms with van der Waals surface area (Å²) in [6.45, 7) is 0.428. The minimum Gasteiger partial charge on any atom is -0.304 e. The molecular formula is C11H7ClFN3. The second-order valence-electron chi connectivity index (χ2n) is 3.52. The minimum absolute atomic E-state index is 0.251. The smallest absolute Gasteiger partial charge is 0.172 e. The maximum absolute atomic E-state index is 13.7. The molecule has 0 radical (unpaired) electrons. The van der Waals surface area contributed by atoms with E-state index in [1.807, 2.05) is 18.2 Å². The maximum Gasteiger partial charge on any atom is 0.172 e. The molecule has 1 aliphatic heterocycles. The standard InChI is InChI=1S/C11H7ClFN3/c12-8-5-7-6-16(11(15-8)10(7)13)9-3-1-2-4-14-9/h1-5H,6H2. The van der Waals surface area contributed by atoms with Crippen molar-refractivity contribution in [3.63, 3.8) is 0 Å². The van der Waals surface area contributed by atoms with Crippen LogP contribution in [0, 0.1) is 5.82 Å². The van der Waals surface area contributed by atoms with E-state index in [4.69, 9.17) is 11.6 Å². The SMILES string of the molecule is Fc1c2cc(Cl)nc1N(c1ccccn1)C2. The highest BCUT2D eigenvalue weighted by molar-refractivity contribution is 6.29. The molecular weight excluding hydrogens is 229 g/mol. The maximum atomic E-state index is 13.7. The molecule has 1 aliphatic rings. The molecule has 2 bridgehead atoms. The highest BCUT2D eigenvalue weighted by Crippen LogP contribution is 2.36. The number of nitrogens with zero attached hydrogens (tertiary/aromatic N) is 3. The van der Waals surface area contributed by atoms with Gasteiger partial charge in [0.25, 0.3) is 0 Å². The predicted molar refractivity (Wildman–Crippen MR) is 59.3 cm³/mol. The third-order valence-corrected chi connectivity index (χ3v) is 2.69. The summed E-state index contributed by atoms with van der Waals surface area (Å²) in [5.74, 6) is 0.613. The Morgan fingerprint density at radius 3 is 3.00 bits per heavy atom. The van der Waals surface area contributed by atoms with Crippen LogP contribution in [-0.2, 0) is 6.54 Å². The molecule has 2 aromatic rings. The first-order chi connectivity index (χ1) is 7.75. The van der Waals surface area contributed by atoms with Crippen LogP contribution in [0.5, 0.6) is 0 Å². The Balaban J connectivity index is 2.10. The molecule has 0 N–H and O–H groups in total. The summed E-state index contributed by atoms with van der Waals surface area (Å²) in [6, 6.07) is 7.02. The zero-order valence-corrected chi connectivity index (χ0v) is 8.95. The van der Waals surface area contributed by atoms with E-state index in [1.54, 1.807) is 17.2 Å². The van der Waals surface area contributed by atoms with Crippen LogP contribution in [0.1, 0.15) is 5.56 Å². The van der Waals surface area contributed by atoms with Gasteiger partial charge in [-0.3, -0.25) is 0 Å². The molecule has 0 atom stereocenters. The molecule has 0 saturated heterocycles. The summed E-state index contributed by atoms with van der Waals surface area (Å²) in [5, 5.41) is 0.310. The van der Waals surface area contributed by atoms with E-state index >= 15 is 0 Å². The summed E-state index contributed by atoms with van der Waals surface area (Å²) in [7, 11) is 0. The minimum atomic E-state index is -0.310. The van der Waals surface area contributed by atoms with E-state index in [-0.39, 0.29) is 11.6 Å². The third kappa shape index (κ3) is 1.34. The number of hydrogen-bond acceptors (Lipinski definition) is 3. The second kappa shape index (κ2) is 3.42. The lowest BCUT2D eigenvalue weighted by molar-refractivity contribution is 0.625. The molecule has 3 heterocycles. The Morgan fingerprint density at radius 1 is 1.38 bits per heavy atom. The van der Waals surface area contributed by atoms with Crippen LogP contribution in [-0.4, -0.2) is 9.97 Å². The molecule has 2 aromatic heterocycles. The summed E-state index contributed by atoms with van der Waals surface area (Å²) in [6.07, 6.45) is 1.66. The molecule has 80 valence electrons. The van der Waals surface area contributed by atoms with Gasteiger partial charge in [0, 0.05) is 11.8 Å². The predicted octanol–water partition coefficient (Wildman–Crippen LogP) is 2.92. The molecule has 0 saturated carbocycles. The van der Waals surface area contributed by atoms with E-state index in [0.29, 0.717) is 23.1 Å². The van der Waals surface area contributed by atoms with Gasteiger partial charge < -0.3 is 4.90 Å². The van der Waals surface area contributed by atoms with Crippen molar-refractivity contribution < 1.29 is 4.39 Å². The van der Waals surface area contributed by atoms with Crippen LogP contribution in [0.4, 0.5) is 16.0 Å². The van der Waals surface area contributed by atoms with Crippen molar-refractivity contribution in [3.8, 4) is 0 Å². The Morgan fingerprint density at radius 2 is 2.25 bits per heavy atom. The van der Waals surface area contributed by atoms with Crippen LogP contribution in [0.2, 0.25) is 5.15 Å². The first kappa shape index (κ1) is 9.54. The van der Waals surface area contributed by atoms with Gasteiger partial charge in [0.2, 0.25) is 0 Å². The number of halogens is 2.